The fourth-order valence-corrected chi connectivity index (χ4v) is 4.72. The van der Waals surface area contributed by atoms with E-state index in [4.69, 9.17) is 16.3 Å². The summed E-state index contributed by atoms with van der Waals surface area (Å²) in [5.41, 5.74) is 3.05. The number of anilines is 1. The molecule has 0 radical (unpaired) electrons. The molecule has 0 aliphatic carbocycles. The number of ether oxygens (including phenoxy) is 1. The Morgan fingerprint density at radius 1 is 1.09 bits per heavy atom. The summed E-state index contributed by atoms with van der Waals surface area (Å²) in [6.07, 6.45) is 3.06. The Labute approximate surface area is 194 Å². The van der Waals surface area contributed by atoms with Gasteiger partial charge in [0.15, 0.2) is 0 Å². The van der Waals surface area contributed by atoms with Crippen molar-refractivity contribution in [2.24, 2.45) is 5.92 Å². The van der Waals surface area contributed by atoms with E-state index in [9.17, 15) is 9.59 Å². The third-order valence-electron chi connectivity index (χ3n) is 6.05. The highest BCUT2D eigenvalue weighted by Gasteiger charge is 2.43. The van der Waals surface area contributed by atoms with Crippen molar-refractivity contribution in [1.29, 1.82) is 0 Å². The van der Waals surface area contributed by atoms with Crippen molar-refractivity contribution in [2.45, 2.75) is 40.0 Å². The molecule has 2 aromatic rings. The van der Waals surface area contributed by atoms with Gasteiger partial charge >= 0.3 is 0 Å². The molecule has 2 aliphatic rings. The maximum atomic E-state index is 13.7. The Morgan fingerprint density at radius 3 is 2.50 bits per heavy atom. The molecule has 32 heavy (non-hydrogen) atoms. The highest BCUT2D eigenvalue weighted by molar-refractivity contribution is 6.45. The number of rotatable bonds is 6. The van der Waals surface area contributed by atoms with Gasteiger partial charge in [-0.1, -0.05) is 37.6 Å². The van der Waals surface area contributed by atoms with Crippen molar-refractivity contribution in [1.82, 2.24) is 4.90 Å². The largest absolute Gasteiger partial charge is 0.494 e. The summed E-state index contributed by atoms with van der Waals surface area (Å²) in [7, 11) is 0. The molecular weight excluding hydrogens is 424 g/mol. The normalized spacial score (nSPS) is 19.2. The van der Waals surface area contributed by atoms with Gasteiger partial charge in [0, 0.05) is 18.1 Å². The van der Waals surface area contributed by atoms with Gasteiger partial charge < -0.3 is 9.64 Å². The predicted molar refractivity (Wildman–Crippen MR) is 128 cm³/mol. The van der Waals surface area contributed by atoms with E-state index in [0.29, 0.717) is 34.5 Å². The van der Waals surface area contributed by atoms with Gasteiger partial charge in [-0.15, -0.1) is 0 Å². The van der Waals surface area contributed by atoms with Crippen LogP contribution in [-0.2, 0) is 9.59 Å². The van der Waals surface area contributed by atoms with Gasteiger partial charge in [-0.3, -0.25) is 9.59 Å². The second kappa shape index (κ2) is 9.37. The molecule has 2 amide bonds. The van der Waals surface area contributed by atoms with Gasteiger partial charge in [-0.05, 0) is 73.6 Å². The van der Waals surface area contributed by atoms with Crippen LogP contribution in [0.3, 0.4) is 0 Å². The Bertz CT molecular complexity index is 1060. The zero-order valence-corrected chi connectivity index (χ0v) is 19.6. The van der Waals surface area contributed by atoms with Crippen molar-refractivity contribution < 1.29 is 14.3 Å². The van der Waals surface area contributed by atoms with Gasteiger partial charge in [0.25, 0.3) is 11.8 Å². The molecule has 1 atom stereocenters. The van der Waals surface area contributed by atoms with Crippen molar-refractivity contribution in [3.8, 4) is 5.75 Å². The van der Waals surface area contributed by atoms with E-state index in [1.165, 1.54) is 4.90 Å². The third-order valence-corrected chi connectivity index (χ3v) is 6.28. The Kier molecular flexibility index (Phi) is 6.56. The van der Waals surface area contributed by atoms with E-state index in [1.54, 1.807) is 18.2 Å². The van der Waals surface area contributed by atoms with Crippen molar-refractivity contribution >= 4 is 34.7 Å². The van der Waals surface area contributed by atoms with Crippen molar-refractivity contribution in [3.05, 3.63) is 64.3 Å². The molecule has 2 heterocycles. The molecule has 0 N–H and O–H groups in total. The number of amides is 2. The minimum absolute atomic E-state index is 0.268. The number of aryl methyl sites for hydroxylation is 1. The van der Waals surface area contributed by atoms with Gasteiger partial charge in [-0.25, -0.2) is 4.90 Å². The lowest BCUT2D eigenvalue weighted by Gasteiger charge is -2.33. The summed E-state index contributed by atoms with van der Waals surface area (Å²) in [5, 5.41) is 0.575. The minimum Gasteiger partial charge on any atom is -0.494 e. The van der Waals surface area contributed by atoms with Crippen molar-refractivity contribution in [2.75, 3.05) is 24.6 Å². The summed E-state index contributed by atoms with van der Waals surface area (Å²) in [6.45, 7) is 8.29. The van der Waals surface area contributed by atoms with Gasteiger partial charge in [0.05, 0.1) is 17.9 Å². The predicted octanol–water partition coefficient (Wildman–Crippen LogP) is 5.45. The van der Waals surface area contributed by atoms with Crippen molar-refractivity contribution in [3.63, 3.8) is 0 Å². The van der Waals surface area contributed by atoms with E-state index < -0.39 is 0 Å². The van der Waals surface area contributed by atoms with Crippen LogP contribution in [0, 0.1) is 12.8 Å². The number of hydrogen-bond donors (Lipinski definition) is 0. The number of piperidine rings is 1. The zero-order chi connectivity index (χ0) is 22.8. The van der Waals surface area contributed by atoms with Crippen LogP contribution in [0.5, 0.6) is 5.75 Å². The van der Waals surface area contributed by atoms with Crippen LogP contribution in [0.4, 0.5) is 5.69 Å². The molecule has 1 fully saturated rings. The lowest BCUT2D eigenvalue weighted by Crippen LogP contribution is -2.39. The van der Waals surface area contributed by atoms with Crippen LogP contribution in [0.1, 0.15) is 44.2 Å². The molecule has 6 heteroatoms. The first-order valence-corrected chi connectivity index (χ1v) is 11.7. The van der Waals surface area contributed by atoms with E-state index in [-0.39, 0.29) is 11.8 Å². The fraction of sp³-hybridized carbons (Fsp3) is 0.385. The summed E-state index contributed by atoms with van der Waals surface area (Å²) < 4.78 is 5.69. The molecule has 0 bridgehead atoms. The Morgan fingerprint density at radius 2 is 1.84 bits per heavy atom. The molecule has 1 saturated heterocycles. The topological polar surface area (TPSA) is 49.9 Å². The van der Waals surface area contributed by atoms with Gasteiger partial charge in [0.1, 0.15) is 11.4 Å². The first kappa shape index (κ1) is 22.4. The lowest BCUT2D eigenvalue weighted by atomic mass is 9.97. The standard InChI is InChI=1S/C26H29ClN2O3/c1-4-14-32-21-10-7-19(8-11-21)23-24(28-13-5-6-17(2)16-28)26(31)29(25(23)30)22-12-9-20(27)15-18(22)3/h7-12,15,17H,4-6,13-14,16H2,1-3H3. The van der Waals surface area contributed by atoms with E-state index >= 15 is 0 Å². The first-order valence-electron chi connectivity index (χ1n) is 11.3. The molecule has 4 rings (SSSR count). The minimum atomic E-state index is -0.295. The Balaban J connectivity index is 1.77. The van der Waals surface area contributed by atoms with Crippen LogP contribution in [0.25, 0.3) is 5.57 Å². The summed E-state index contributed by atoms with van der Waals surface area (Å²) in [6, 6.07) is 12.7. The van der Waals surface area contributed by atoms with Crippen LogP contribution in [-0.4, -0.2) is 36.4 Å². The van der Waals surface area contributed by atoms with Crippen LogP contribution in [0.2, 0.25) is 5.02 Å². The van der Waals surface area contributed by atoms with E-state index in [1.807, 2.05) is 31.2 Å². The highest BCUT2D eigenvalue weighted by Crippen LogP contribution is 2.38. The number of hydrogen-bond acceptors (Lipinski definition) is 4. The summed E-state index contributed by atoms with van der Waals surface area (Å²) in [4.78, 5) is 30.8. The van der Waals surface area contributed by atoms with E-state index in [0.717, 1.165) is 49.2 Å². The van der Waals surface area contributed by atoms with Gasteiger partial charge in [-0.2, -0.15) is 0 Å². The number of benzene rings is 2. The third kappa shape index (κ3) is 4.26. The van der Waals surface area contributed by atoms with E-state index in [2.05, 4.69) is 18.7 Å². The quantitative estimate of drug-likeness (QED) is 0.546. The van der Waals surface area contributed by atoms with Crippen LogP contribution < -0.4 is 9.64 Å². The second-order valence-corrected chi connectivity index (χ2v) is 9.10. The molecule has 168 valence electrons. The maximum absolute atomic E-state index is 13.7. The molecule has 0 spiro atoms. The molecule has 0 aromatic heterocycles. The second-order valence-electron chi connectivity index (χ2n) is 8.67. The summed E-state index contributed by atoms with van der Waals surface area (Å²) in [5.74, 6) is 0.662. The highest BCUT2D eigenvalue weighted by atomic mass is 35.5. The fourth-order valence-electron chi connectivity index (χ4n) is 4.49. The number of likely N-dealkylation sites (tertiary alicyclic amines) is 1. The summed E-state index contributed by atoms with van der Waals surface area (Å²) >= 11 is 6.12. The molecule has 2 aromatic carbocycles. The number of imide groups is 1. The van der Waals surface area contributed by atoms with Crippen LogP contribution >= 0.6 is 11.6 Å². The maximum Gasteiger partial charge on any atom is 0.282 e. The molecule has 2 aliphatic heterocycles. The molecule has 1 unspecified atom stereocenters. The Hall–Kier alpha value is -2.79. The SMILES string of the molecule is CCCOc1ccc(C2=C(N3CCCC(C)C3)C(=O)N(c3ccc(Cl)cc3C)C2=O)cc1. The first-order chi connectivity index (χ1) is 15.4. The zero-order valence-electron chi connectivity index (χ0n) is 18.9. The number of carbonyl (C=O) groups is 2. The smallest absolute Gasteiger partial charge is 0.282 e. The monoisotopic (exact) mass is 452 g/mol. The lowest BCUT2D eigenvalue weighted by molar-refractivity contribution is -0.120. The average Bonchev–Trinajstić information content (AvgIpc) is 3.03. The average molecular weight is 453 g/mol. The molecule has 5 nitrogen and oxygen atoms in total. The number of nitrogens with zero attached hydrogens (tertiary/aromatic N) is 2. The van der Waals surface area contributed by atoms with Crippen LogP contribution in [0.15, 0.2) is 48.2 Å². The number of halogens is 1. The molecule has 0 saturated carbocycles. The molecular formula is C26H29ClN2O3. The van der Waals surface area contributed by atoms with Gasteiger partial charge in [0.2, 0.25) is 0 Å². The number of carbonyl (C=O) groups excluding carboxylic acids is 2.